The third kappa shape index (κ3) is 4.27. The molecular weight excluding hydrogens is 370 g/mol. The van der Waals surface area contributed by atoms with Crippen molar-refractivity contribution >= 4 is 18.9 Å². The molecule has 3 aromatic rings. The van der Waals surface area contributed by atoms with Gasteiger partial charge < -0.3 is 18.8 Å². The van der Waals surface area contributed by atoms with Gasteiger partial charge in [-0.2, -0.15) is 4.98 Å². The Morgan fingerprint density at radius 2 is 1.70 bits per heavy atom. The maximum atomic E-state index is 13.1. The Morgan fingerprint density at radius 1 is 1.07 bits per heavy atom. The second-order valence-electron chi connectivity index (χ2n) is 5.88. The van der Waals surface area contributed by atoms with Crippen molar-refractivity contribution in [2.24, 2.45) is 0 Å². The second kappa shape index (κ2) is 8.05. The summed E-state index contributed by atoms with van der Waals surface area (Å²) in [5, 5.41) is 3.04. The van der Waals surface area contributed by atoms with Crippen molar-refractivity contribution in [3.8, 4) is 11.5 Å². The average molecular weight is 390 g/mol. The lowest BCUT2D eigenvalue weighted by atomic mass is 10.1. The Morgan fingerprint density at radius 3 is 2.30 bits per heavy atom. The van der Waals surface area contributed by atoms with Crippen molar-refractivity contribution in [1.82, 2.24) is 4.98 Å². The first-order valence-corrected chi connectivity index (χ1v) is 9.77. The van der Waals surface area contributed by atoms with Gasteiger partial charge in [0.15, 0.2) is 0 Å². The molecule has 142 valence electrons. The van der Waals surface area contributed by atoms with E-state index in [-0.39, 0.29) is 17.1 Å². The molecule has 2 aromatic carbocycles. The van der Waals surface area contributed by atoms with Gasteiger partial charge in [0.2, 0.25) is 17.2 Å². The Balaban J connectivity index is 1.95. The molecule has 0 aliphatic carbocycles. The van der Waals surface area contributed by atoms with E-state index in [2.05, 4.69) is 10.3 Å². The normalized spacial score (nSPS) is 11.6. The van der Waals surface area contributed by atoms with Gasteiger partial charge in [0.05, 0.1) is 0 Å². The highest BCUT2D eigenvalue weighted by molar-refractivity contribution is 7.62. The van der Waals surface area contributed by atoms with E-state index in [1.807, 2.05) is 31.2 Å². The fourth-order valence-corrected chi connectivity index (χ4v) is 3.55. The van der Waals surface area contributed by atoms with Crippen molar-refractivity contribution in [2.45, 2.75) is 13.5 Å². The van der Waals surface area contributed by atoms with Crippen LogP contribution in [0.15, 0.2) is 52.9 Å². The number of rotatable bonds is 7. The average Bonchev–Trinajstić information content (AvgIpc) is 3.12. The predicted molar refractivity (Wildman–Crippen MR) is 102 cm³/mol. The molecule has 0 saturated carbocycles. The standard InChI is InChI=1S/C19H20FN2O4P/c1-13-4-8-15(9-5-13)17-22-19(27(23,24-2)25-3)18(26-17)21-12-14-6-10-16(20)11-7-14/h4-11,21H,12H2,1-3H3. The SMILES string of the molecule is COP(=O)(OC)c1nc(-c2ccc(C)cc2)oc1NCc1ccc(F)cc1. The topological polar surface area (TPSA) is 73.6 Å². The first-order valence-electron chi connectivity index (χ1n) is 8.23. The van der Waals surface area contributed by atoms with Gasteiger partial charge in [0.25, 0.3) is 0 Å². The van der Waals surface area contributed by atoms with Crippen LogP contribution in [0, 0.1) is 12.7 Å². The number of nitrogens with one attached hydrogen (secondary N) is 1. The number of hydrogen-bond acceptors (Lipinski definition) is 6. The lowest BCUT2D eigenvalue weighted by Crippen LogP contribution is -2.14. The fourth-order valence-electron chi connectivity index (χ4n) is 2.46. The van der Waals surface area contributed by atoms with E-state index in [9.17, 15) is 8.96 Å². The number of oxazole rings is 1. The molecule has 0 radical (unpaired) electrons. The van der Waals surface area contributed by atoms with E-state index >= 15 is 0 Å². The van der Waals surface area contributed by atoms with E-state index < -0.39 is 7.60 Å². The van der Waals surface area contributed by atoms with Crippen LogP contribution < -0.4 is 10.8 Å². The Kier molecular flexibility index (Phi) is 5.75. The first kappa shape index (κ1) is 19.3. The summed E-state index contributed by atoms with van der Waals surface area (Å²) in [4.78, 5) is 4.35. The number of hydrogen-bond donors (Lipinski definition) is 1. The summed E-state index contributed by atoms with van der Waals surface area (Å²) in [7, 11) is -1.06. The summed E-state index contributed by atoms with van der Waals surface area (Å²) in [5.74, 6) is 0.159. The molecule has 1 aromatic heterocycles. The highest BCUT2D eigenvalue weighted by Gasteiger charge is 2.34. The fraction of sp³-hybridized carbons (Fsp3) is 0.211. The maximum Gasteiger partial charge on any atom is 0.384 e. The lowest BCUT2D eigenvalue weighted by molar-refractivity contribution is 0.286. The molecule has 0 aliphatic rings. The summed E-state index contributed by atoms with van der Waals surface area (Å²) in [5.41, 5.74) is 2.71. The van der Waals surface area contributed by atoms with Crippen LogP contribution in [0.2, 0.25) is 0 Å². The van der Waals surface area contributed by atoms with Gasteiger partial charge in [-0.3, -0.25) is 4.57 Å². The molecule has 0 fully saturated rings. The zero-order chi connectivity index (χ0) is 19.4. The van der Waals surface area contributed by atoms with Crippen molar-refractivity contribution in [2.75, 3.05) is 19.5 Å². The van der Waals surface area contributed by atoms with Crippen molar-refractivity contribution in [3.05, 3.63) is 65.5 Å². The van der Waals surface area contributed by atoms with Crippen molar-refractivity contribution in [1.29, 1.82) is 0 Å². The summed E-state index contributed by atoms with van der Waals surface area (Å²) in [6, 6.07) is 13.6. The van der Waals surface area contributed by atoms with Gasteiger partial charge in [-0.1, -0.05) is 29.8 Å². The van der Waals surface area contributed by atoms with Crippen LogP contribution in [-0.2, 0) is 20.2 Å². The number of aromatic nitrogens is 1. The Bertz CT molecular complexity index is 947. The molecule has 8 heteroatoms. The molecule has 1 heterocycles. The lowest BCUT2D eigenvalue weighted by Gasteiger charge is -2.12. The van der Waals surface area contributed by atoms with Crippen LogP contribution in [0.4, 0.5) is 10.3 Å². The van der Waals surface area contributed by atoms with Crippen LogP contribution >= 0.6 is 7.60 Å². The number of nitrogens with zero attached hydrogens (tertiary/aromatic N) is 1. The molecule has 0 unspecified atom stereocenters. The number of benzene rings is 2. The molecule has 6 nitrogen and oxygen atoms in total. The summed E-state index contributed by atoms with van der Waals surface area (Å²) in [6.07, 6.45) is 0. The van der Waals surface area contributed by atoms with Gasteiger partial charge in [-0.15, -0.1) is 0 Å². The van der Waals surface area contributed by atoms with Crippen LogP contribution in [0.3, 0.4) is 0 Å². The molecule has 27 heavy (non-hydrogen) atoms. The predicted octanol–water partition coefficient (Wildman–Crippen LogP) is 4.51. The molecule has 3 rings (SSSR count). The molecule has 1 N–H and O–H groups in total. The van der Waals surface area contributed by atoms with Crippen LogP contribution in [0.25, 0.3) is 11.5 Å². The number of halogens is 1. The molecule has 0 amide bonds. The first-order chi connectivity index (χ1) is 12.9. The van der Waals surface area contributed by atoms with E-state index in [0.29, 0.717) is 12.4 Å². The minimum Gasteiger partial charge on any atom is -0.420 e. The number of aryl methyl sites for hydroxylation is 1. The van der Waals surface area contributed by atoms with Crippen LogP contribution in [0.5, 0.6) is 0 Å². The van der Waals surface area contributed by atoms with E-state index in [4.69, 9.17) is 13.5 Å². The van der Waals surface area contributed by atoms with Gasteiger partial charge in [-0.25, -0.2) is 4.39 Å². The molecule has 0 aliphatic heterocycles. The van der Waals surface area contributed by atoms with Gasteiger partial charge >= 0.3 is 7.60 Å². The minimum absolute atomic E-state index is 0.0604. The van der Waals surface area contributed by atoms with Crippen LogP contribution in [0.1, 0.15) is 11.1 Å². The summed E-state index contributed by atoms with van der Waals surface area (Å²) < 4.78 is 41.9. The highest BCUT2D eigenvalue weighted by Crippen LogP contribution is 2.47. The van der Waals surface area contributed by atoms with Crippen LogP contribution in [-0.4, -0.2) is 19.2 Å². The van der Waals surface area contributed by atoms with E-state index in [0.717, 1.165) is 16.7 Å². The quantitative estimate of drug-likeness (QED) is 0.599. The molecule has 0 bridgehead atoms. The Hall–Kier alpha value is -2.47. The minimum atomic E-state index is -3.64. The number of anilines is 1. The van der Waals surface area contributed by atoms with Crippen molar-refractivity contribution < 1.29 is 22.4 Å². The van der Waals surface area contributed by atoms with Gasteiger partial charge in [0.1, 0.15) is 5.82 Å². The molecular formula is C19H20FN2O4P. The van der Waals surface area contributed by atoms with Crippen molar-refractivity contribution in [3.63, 3.8) is 0 Å². The molecule has 0 spiro atoms. The largest absolute Gasteiger partial charge is 0.420 e. The van der Waals surface area contributed by atoms with E-state index in [1.165, 1.54) is 26.4 Å². The zero-order valence-electron chi connectivity index (χ0n) is 15.2. The maximum absolute atomic E-state index is 13.1. The van der Waals surface area contributed by atoms with Gasteiger partial charge in [-0.05, 0) is 36.8 Å². The van der Waals surface area contributed by atoms with Gasteiger partial charge in [0, 0.05) is 26.3 Å². The second-order valence-corrected chi connectivity index (χ2v) is 8.03. The highest BCUT2D eigenvalue weighted by atomic mass is 31.2. The molecule has 0 saturated heterocycles. The smallest absolute Gasteiger partial charge is 0.384 e. The van der Waals surface area contributed by atoms with E-state index in [1.54, 1.807) is 12.1 Å². The summed E-state index contributed by atoms with van der Waals surface area (Å²) in [6.45, 7) is 2.30. The third-order valence-electron chi connectivity index (χ3n) is 4.01. The third-order valence-corrected chi connectivity index (χ3v) is 5.80. The zero-order valence-corrected chi connectivity index (χ0v) is 16.1. The Labute approximate surface area is 156 Å². The summed E-state index contributed by atoms with van der Waals surface area (Å²) >= 11 is 0. The monoisotopic (exact) mass is 390 g/mol. The molecule has 0 atom stereocenters.